The molecule has 2 atom stereocenters. The molecular formula is C20H20ClNO2. The predicted molar refractivity (Wildman–Crippen MR) is 94.6 cm³/mol. The van der Waals surface area contributed by atoms with Gasteiger partial charge in [0.1, 0.15) is 5.60 Å². The van der Waals surface area contributed by atoms with E-state index in [1.54, 1.807) is 24.3 Å². The van der Waals surface area contributed by atoms with Crippen molar-refractivity contribution in [1.29, 1.82) is 0 Å². The second-order valence-electron chi connectivity index (χ2n) is 6.73. The van der Waals surface area contributed by atoms with Gasteiger partial charge in [0.05, 0.1) is 6.61 Å². The van der Waals surface area contributed by atoms with E-state index in [9.17, 15) is 4.79 Å². The van der Waals surface area contributed by atoms with Crippen molar-refractivity contribution in [2.24, 2.45) is 0 Å². The van der Waals surface area contributed by atoms with Gasteiger partial charge in [0.15, 0.2) is 5.78 Å². The number of carbonyl (C=O) groups is 1. The summed E-state index contributed by atoms with van der Waals surface area (Å²) in [5.41, 5.74) is 2.73. The third kappa shape index (κ3) is 3.00. The number of ether oxygens (including phenoxy) is 1. The zero-order chi connectivity index (χ0) is 16.6. The number of benzene rings is 2. The number of Topliss-reactive ketones (excluding diaryl/α,β-unsaturated/α-hetero) is 1. The smallest absolute Gasteiger partial charge is 0.167 e. The predicted octanol–water partition coefficient (Wildman–Crippen LogP) is 3.74. The number of morpholine rings is 1. The molecule has 3 aliphatic heterocycles. The number of hydrogen-bond acceptors (Lipinski definition) is 3. The Hall–Kier alpha value is -1.68. The van der Waals surface area contributed by atoms with E-state index in [-0.39, 0.29) is 11.4 Å². The number of nitrogens with one attached hydrogen (secondary N) is 1. The maximum absolute atomic E-state index is 12.4. The quantitative estimate of drug-likeness (QED) is 0.861. The second-order valence-corrected chi connectivity index (χ2v) is 7.16. The lowest BCUT2D eigenvalue weighted by atomic mass is 9.81. The molecule has 2 aromatic carbocycles. The Morgan fingerprint density at radius 3 is 2.50 bits per heavy atom. The summed E-state index contributed by atoms with van der Waals surface area (Å²) in [6.07, 6.45) is 2.63. The monoisotopic (exact) mass is 341 g/mol. The standard InChI is InChI=1S/C20H20ClNO2/c21-17-7-3-15(4-8-17)19(23)11-14-1-5-16(6-2-14)20-10-9-18(12-24-20)22-13-20/h1-8,18,22H,9-13H2. The molecule has 0 spiro atoms. The van der Waals surface area contributed by atoms with E-state index in [4.69, 9.17) is 16.3 Å². The lowest BCUT2D eigenvalue weighted by Gasteiger charge is -2.47. The summed E-state index contributed by atoms with van der Waals surface area (Å²) in [5.74, 6) is 0.105. The molecule has 2 aromatic rings. The Morgan fingerprint density at radius 1 is 1.17 bits per heavy atom. The van der Waals surface area contributed by atoms with Crippen LogP contribution in [-0.2, 0) is 16.8 Å². The highest BCUT2D eigenvalue weighted by Crippen LogP contribution is 2.38. The van der Waals surface area contributed by atoms with E-state index in [0.29, 0.717) is 23.0 Å². The molecular weight excluding hydrogens is 322 g/mol. The molecule has 2 bridgehead atoms. The first kappa shape index (κ1) is 15.8. The molecule has 2 unspecified atom stereocenters. The normalized spacial score (nSPS) is 25.6. The first-order valence-electron chi connectivity index (χ1n) is 8.40. The van der Waals surface area contributed by atoms with E-state index in [1.807, 2.05) is 12.1 Å². The van der Waals surface area contributed by atoms with Crippen LogP contribution in [0.15, 0.2) is 48.5 Å². The fourth-order valence-electron chi connectivity index (χ4n) is 3.61. The van der Waals surface area contributed by atoms with Crippen molar-refractivity contribution < 1.29 is 9.53 Å². The average Bonchev–Trinajstić information content (AvgIpc) is 2.64. The number of carbonyl (C=O) groups excluding carboxylic acids is 1. The van der Waals surface area contributed by atoms with Crippen molar-refractivity contribution >= 4 is 17.4 Å². The van der Waals surface area contributed by atoms with Crippen molar-refractivity contribution in [1.82, 2.24) is 5.32 Å². The fourth-order valence-corrected chi connectivity index (χ4v) is 3.74. The highest BCUT2D eigenvalue weighted by Gasteiger charge is 2.42. The van der Waals surface area contributed by atoms with Crippen LogP contribution in [0.4, 0.5) is 0 Å². The van der Waals surface area contributed by atoms with Crippen molar-refractivity contribution in [2.75, 3.05) is 13.2 Å². The highest BCUT2D eigenvalue weighted by atomic mass is 35.5. The van der Waals surface area contributed by atoms with E-state index in [0.717, 1.165) is 31.6 Å². The summed E-state index contributed by atoms with van der Waals surface area (Å²) in [7, 11) is 0. The zero-order valence-electron chi connectivity index (χ0n) is 13.4. The average molecular weight is 342 g/mol. The van der Waals surface area contributed by atoms with Gasteiger partial charge in [-0.05, 0) is 48.2 Å². The molecule has 0 radical (unpaired) electrons. The van der Waals surface area contributed by atoms with Crippen LogP contribution in [0.25, 0.3) is 0 Å². The number of piperidine rings is 1. The molecule has 3 fully saturated rings. The van der Waals surface area contributed by atoms with Crippen molar-refractivity contribution in [3.05, 3.63) is 70.2 Å². The SMILES string of the molecule is O=C(Cc1ccc(C23CCC(CO2)NC3)cc1)c1ccc(Cl)cc1. The number of rotatable bonds is 4. The van der Waals surface area contributed by atoms with Crippen LogP contribution in [0.2, 0.25) is 5.02 Å². The molecule has 124 valence electrons. The van der Waals surface area contributed by atoms with Gasteiger partial charge >= 0.3 is 0 Å². The van der Waals surface area contributed by atoms with Crippen LogP contribution in [0.5, 0.6) is 0 Å². The lowest BCUT2D eigenvalue weighted by molar-refractivity contribution is -0.129. The molecule has 24 heavy (non-hydrogen) atoms. The molecule has 3 nitrogen and oxygen atoms in total. The molecule has 3 saturated heterocycles. The van der Waals surface area contributed by atoms with E-state index in [2.05, 4.69) is 17.4 Å². The molecule has 0 aromatic heterocycles. The summed E-state index contributed by atoms with van der Waals surface area (Å²) in [5, 5.41) is 4.19. The third-order valence-electron chi connectivity index (χ3n) is 5.14. The Morgan fingerprint density at radius 2 is 1.92 bits per heavy atom. The maximum Gasteiger partial charge on any atom is 0.167 e. The second kappa shape index (κ2) is 6.32. The van der Waals surface area contributed by atoms with Gasteiger partial charge in [-0.15, -0.1) is 0 Å². The van der Waals surface area contributed by atoms with Crippen LogP contribution in [-0.4, -0.2) is 25.0 Å². The molecule has 0 saturated carbocycles. The summed E-state index contributed by atoms with van der Waals surface area (Å²) in [6, 6.07) is 15.9. The summed E-state index contributed by atoms with van der Waals surface area (Å²) in [6.45, 7) is 1.66. The molecule has 0 amide bonds. The van der Waals surface area contributed by atoms with Gasteiger partial charge in [0.25, 0.3) is 0 Å². The van der Waals surface area contributed by atoms with Crippen molar-refractivity contribution in [2.45, 2.75) is 30.9 Å². The number of halogens is 1. The molecule has 3 aliphatic rings. The molecule has 0 aliphatic carbocycles. The van der Waals surface area contributed by atoms with Gasteiger partial charge in [-0.3, -0.25) is 4.79 Å². The Kier molecular flexibility index (Phi) is 4.17. The van der Waals surface area contributed by atoms with Gasteiger partial charge in [-0.2, -0.15) is 0 Å². The Bertz CT molecular complexity index is 717. The minimum absolute atomic E-state index is 0.105. The number of hydrogen-bond donors (Lipinski definition) is 1. The van der Waals surface area contributed by atoms with E-state index < -0.39 is 0 Å². The summed E-state index contributed by atoms with van der Waals surface area (Å²) in [4.78, 5) is 12.4. The molecule has 5 rings (SSSR count). The first-order chi connectivity index (χ1) is 11.6. The molecule has 1 N–H and O–H groups in total. The van der Waals surface area contributed by atoms with Gasteiger partial charge in [-0.1, -0.05) is 35.9 Å². The summed E-state index contributed by atoms with van der Waals surface area (Å²) < 4.78 is 6.11. The third-order valence-corrected chi connectivity index (χ3v) is 5.40. The minimum atomic E-state index is -0.187. The topological polar surface area (TPSA) is 38.3 Å². The van der Waals surface area contributed by atoms with Crippen LogP contribution >= 0.6 is 11.6 Å². The molecule has 4 heteroatoms. The van der Waals surface area contributed by atoms with Gasteiger partial charge in [0, 0.05) is 29.6 Å². The Labute approximate surface area is 147 Å². The fraction of sp³-hybridized carbons (Fsp3) is 0.350. The van der Waals surface area contributed by atoms with Crippen LogP contribution in [0.1, 0.15) is 34.3 Å². The lowest BCUT2D eigenvalue weighted by Crippen LogP contribution is -2.57. The zero-order valence-corrected chi connectivity index (χ0v) is 14.2. The van der Waals surface area contributed by atoms with Crippen molar-refractivity contribution in [3.8, 4) is 0 Å². The maximum atomic E-state index is 12.4. The van der Waals surface area contributed by atoms with Crippen LogP contribution in [0.3, 0.4) is 0 Å². The van der Waals surface area contributed by atoms with Crippen molar-refractivity contribution in [3.63, 3.8) is 0 Å². The first-order valence-corrected chi connectivity index (χ1v) is 8.78. The minimum Gasteiger partial charge on any atom is -0.367 e. The largest absolute Gasteiger partial charge is 0.367 e. The van der Waals surface area contributed by atoms with Crippen LogP contribution in [0, 0.1) is 0 Å². The van der Waals surface area contributed by atoms with E-state index >= 15 is 0 Å². The van der Waals surface area contributed by atoms with Crippen LogP contribution < -0.4 is 5.32 Å². The van der Waals surface area contributed by atoms with Gasteiger partial charge in [0.2, 0.25) is 0 Å². The van der Waals surface area contributed by atoms with Gasteiger partial charge < -0.3 is 10.1 Å². The number of fused-ring (bicyclic) bond motifs is 3. The van der Waals surface area contributed by atoms with E-state index in [1.165, 1.54) is 5.56 Å². The Balaban J connectivity index is 1.48. The summed E-state index contributed by atoms with van der Waals surface area (Å²) >= 11 is 5.87. The van der Waals surface area contributed by atoms with Gasteiger partial charge in [-0.25, -0.2) is 0 Å². The highest BCUT2D eigenvalue weighted by molar-refractivity contribution is 6.30. The molecule has 3 heterocycles. The number of ketones is 1.